The summed E-state index contributed by atoms with van der Waals surface area (Å²) in [4.78, 5) is 45.4. The Kier molecular flexibility index (Phi) is 9.66. The molecule has 0 aliphatic carbocycles. The highest BCUT2D eigenvalue weighted by atomic mass is 16.5. The van der Waals surface area contributed by atoms with Crippen LogP contribution in [0.4, 0.5) is 0 Å². The Morgan fingerprint density at radius 2 is 1.22 bits per heavy atom. The van der Waals surface area contributed by atoms with Crippen molar-refractivity contribution in [2.75, 3.05) is 0 Å². The Bertz CT molecular complexity index is 1610. The normalized spacial score (nSPS) is 11.4. The minimum absolute atomic E-state index is 0.189. The first-order chi connectivity index (χ1) is 19.9. The molecular formula is C33H26N2O6. The number of ether oxygens (including phenoxy) is 3. The third-order valence-corrected chi connectivity index (χ3v) is 5.57. The van der Waals surface area contributed by atoms with Gasteiger partial charge in [-0.25, -0.2) is 14.4 Å². The van der Waals surface area contributed by atoms with Crippen LogP contribution >= 0.6 is 0 Å². The van der Waals surface area contributed by atoms with Crippen molar-refractivity contribution in [3.05, 3.63) is 138 Å². The van der Waals surface area contributed by atoms with Crippen molar-refractivity contribution >= 4 is 30.1 Å². The molecule has 0 bridgehead atoms. The van der Waals surface area contributed by atoms with Gasteiger partial charge >= 0.3 is 17.9 Å². The van der Waals surface area contributed by atoms with E-state index < -0.39 is 17.9 Å². The van der Waals surface area contributed by atoms with E-state index in [1.165, 1.54) is 18.5 Å². The largest absolute Gasteiger partial charge is 0.423 e. The van der Waals surface area contributed by atoms with Crippen LogP contribution in [0.25, 0.3) is 12.2 Å². The lowest BCUT2D eigenvalue weighted by Gasteiger charge is -2.10. The first-order valence-corrected chi connectivity index (χ1v) is 12.6. The van der Waals surface area contributed by atoms with Gasteiger partial charge in [0.25, 0.3) is 0 Å². The number of pyridine rings is 2. The number of hydrogen-bond donors (Lipinski definition) is 0. The lowest BCUT2D eigenvalue weighted by molar-refractivity contribution is -0.129. The third kappa shape index (κ3) is 8.18. The number of nitrogens with zero attached hydrogens (tertiary/aromatic N) is 2. The Hall–Kier alpha value is -5.63. The summed E-state index contributed by atoms with van der Waals surface area (Å²) >= 11 is 0. The lowest BCUT2D eigenvalue weighted by Crippen LogP contribution is -2.11. The highest BCUT2D eigenvalue weighted by Crippen LogP contribution is 2.26. The molecule has 204 valence electrons. The molecule has 4 aromatic rings. The zero-order valence-electron chi connectivity index (χ0n) is 22.4. The summed E-state index contributed by atoms with van der Waals surface area (Å²) < 4.78 is 16.5. The van der Waals surface area contributed by atoms with Gasteiger partial charge in [0.2, 0.25) is 0 Å². The van der Waals surface area contributed by atoms with Crippen molar-refractivity contribution in [1.82, 2.24) is 9.97 Å². The van der Waals surface area contributed by atoms with Gasteiger partial charge in [-0.2, -0.15) is 0 Å². The summed E-state index contributed by atoms with van der Waals surface area (Å²) in [5.41, 5.74) is 2.44. The van der Waals surface area contributed by atoms with Gasteiger partial charge < -0.3 is 14.2 Å². The van der Waals surface area contributed by atoms with Crippen molar-refractivity contribution in [3.8, 4) is 17.2 Å². The quantitative estimate of drug-likeness (QED) is 0.0769. The molecular weight excluding hydrogens is 520 g/mol. The molecule has 0 radical (unpaired) electrons. The van der Waals surface area contributed by atoms with Crippen molar-refractivity contribution in [2.24, 2.45) is 0 Å². The van der Waals surface area contributed by atoms with Gasteiger partial charge in [0.1, 0.15) is 17.2 Å². The minimum atomic E-state index is -0.601. The number of aromatic nitrogens is 2. The molecule has 0 N–H and O–H groups in total. The van der Waals surface area contributed by atoms with Gasteiger partial charge in [-0.3, -0.25) is 9.97 Å². The van der Waals surface area contributed by atoms with E-state index in [0.717, 1.165) is 5.56 Å². The summed E-state index contributed by atoms with van der Waals surface area (Å²) in [6.07, 6.45) is 14.6. The van der Waals surface area contributed by atoms with E-state index in [0.29, 0.717) is 22.4 Å². The van der Waals surface area contributed by atoms with E-state index in [4.69, 9.17) is 14.2 Å². The molecule has 0 fully saturated rings. The van der Waals surface area contributed by atoms with Crippen LogP contribution < -0.4 is 14.2 Å². The highest BCUT2D eigenvalue weighted by molar-refractivity contribution is 5.93. The van der Waals surface area contributed by atoms with Crippen LogP contribution in [-0.4, -0.2) is 27.9 Å². The van der Waals surface area contributed by atoms with E-state index in [1.54, 1.807) is 111 Å². The second-order valence-electron chi connectivity index (χ2n) is 8.54. The molecule has 0 unspecified atom stereocenters. The Labute approximate surface area is 237 Å². The molecule has 8 heteroatoms. The number of benzene rings is 2. The van der Waals surface area contributed by atoms with Gasteiger partial charge in [-0.05, 0) is 73.5 Å². The maximum Gasteiger partial charge on any atom is 0.345 e. The predicted octanol–water partition coefficient (Wildman–Crippen LogP) is 6.51. The monoisotopic (exact) mass is 546 g/mol. The maximum absolute atomic E-state index is 12.7. The molecule has 41 heavy (non-hydrogen) atoms. The standard InChI is InChI=1S/C33H26N2O6/c1-3-7-25(4-2)31(36)40-29-18-24(19-30(20-29)41-33(38)27-9-6-17-35-22-27)11-10-23-12-14-28(15-13-23)39-32(37)26-8-5-16-34-21-26/h3-22H,1-2H3/b7-3-,11-10+,25-4+. The molecule has 0 spiro atoms. The number of carbonyl (C=O) groups is 3. The van der Waals surface area contributed by atoms with Crippen LogP contribution in [0.2, 0.25) is 0 Å². The highest BCUT2D eigenvalue weighted by Gasteiger charge is 2.14. The molecule has 8 nitrogen and oxygen atoms in total. The number of allylic oxidation sites excluding steroid dienone is 2. The van der Waals surface area contributed by atoms with E-state index in [1.807, 2.05) is 6.08 Å². The molecule has 4 rings (SSSR count). The van der Waals surface area contributed by atoms with Gasteiger partial charge in [0, 0.05) is 30.9 Å². The van der Waals surface area contributed by atoms with Crippen LogP contribution in [-0.2, 0) is 4.79 Å². The molecule has 0 aliphatic rings. The first kappa shape index (κ1) is 28.4. The molecule has 0 amide bonds. The fraction of sp³-hybridized carbons (Fsp3) is 0.0606. The van der Waals surface area contributed by atoms with Crippen molar-refractivity contribution in [1.29, 1.82) is 0 Å². The average molecular weight is 547 g/mol. The van der Waals surface area contributed by atoms with Crippen LogP contribution in [0.3, 0.4) is 0 Å². The van der Waals surface area contributed by atoms with E-state index in [9.17, 15) is 14.4 Å². The van der Waals surface area contributed by atoms with Crippen LogP contribution in [0.5, 0.6) is 17.2 Å². The zero-order valence-corrected chi connectivity index (χ0v) is 22.4. The summed E-state index contributed by atoms with van der Waals surface area (Å²) in [6, 6.07) is 18.2. The molecule has 2 heterocycles. The maximum atomic E-state index is 12.7. The smallest absolute Gasteiger partial charge is 0.345 e. The van der Waals surface area contributed by atoms with Crippen LogP contribution in [0, 0.1) is 0 Å². The second-order valence-corrected chi connectivity index (χ2v) is 8.54. The fourth-order valence-electron chi connectivity index (χ4n) is 3.57. The summed E-state index contributed by atoms with van der Waals surface area (Å²) in [7, 11) is 0. The van der Waals surface area contributed by atoms with E-state index >= 15 is 0 Å². The Balaban J connectivity index is 1.54. The molecule has 0 saturated carbocycles. The molecule has 0 saturated heterocycles. The molecule has 2 aromatic carbocycles. The summed E-state index contributed by atoms with van der Waals surface area (Å²) in [5.74, 6) is -0.877. The summed E-state index contributed by atoms with van der Waals surface area (Å²) in [5, 5.41) is 0. The van der Waals surface area contributed by atoms with Gasteiger partial charge in [0.05, 0.1) is 16.7 Å². The SMILES string of the molecule is C/C=C\C(=C/C)C(=O)Oc1cc(/C=C/c2ccc(OC(=O)c3cccnc3)cc2)cc(OC(=O)c2cccnc2)c1. The Morgan fingerprint density at radius 1 is 0.659 bits per heavy atom. The molecule has 0 atom stereocenters. The van der Waals surface area contributed by atoms with Crippen molar-refractivity contribution in [3.63, 3.8) is 0 Å². The average Bonchev–Trinajstić information content (AvgIpc) is 3.00. The van der Waals surface area contributed by atoms with Crippen LogP contribution in [0.15, 0.2) is 115 Å². The number of carbonyl (C=O) groups excluding carboxylic acids is 3. The van der Waals surface area contributed by atoms with E-state index in [2.05, 4.69) is 9.97 Å². The van der Waals surface area contributed by atoms with Gasteiger partial charge in [0.15, 0.2) is 0 Å². The van der Waals surface area contributed by atoms with Crippen LogP contribution in [0.1, 0.15) is 45.7 Å². The van der Waals surface area contributed by atoms with E-state index in [-0.39, 0.29) is 17.1 Å². The zero-order chi connectivity index (χ0) is 29.0. The Morgan fingerprint density at radius 3 is 1.76 bits per heavy atom. The van der Waals surface area contributed by atoms with Crippen molar-refractivity contribution in [2.45, 2.75) is 13.8 Å². The predicted molar refractivity (Wildman–Crippen MR) is 154 cm³/mol. The third-order valence-electron chi connectivity index (χ3n) is 5.57. The minimum Gasteiger partial charge on any atom is -0.423 e. The first-order valence-electron chi connectivity index (χ1n) is 12.6. The number of esters is 3. The summed E-state index contributed by atoms with van der Waals surface area (Å²) in [6.45, 7) is 3.54. The molecule has 2 aromatic heterocycles. The molecule has 0 aliphatic heterocycles. The second kappa shape index (κ2) is 14.0. The lowest BCUT2D eigenvalue weighted by atomic mass is 10.1. The number of rotatable bonds is 9. The number of hydrogen-bond acceptors (Lipinski definition) is 8. The van der Waals surface area contributed by atoms with Gasteiger partial charge in [-0.1, -0.05) is 42.5 Å². The topological polar surface area (TPSA) is 105 Å². The van der Waals surface area contributed by atoms with Crippen molar-refractivity contribution < 1.29 is 28.6 Å². The fourth-order valence-corrected chi connectivity index (χ4v) is 3.57. The van der Waals surface area contributed by atoms with Gasteiger partial charge in [-0.15, -0.1) is 0 Å².